The van der Waals surface area contributed by atoms with E-state index in [1.807, 2.05) is 30.3 Å². The highest BCUT2D eigenvalue weighted by Crippen LogP contribution is 2.33. The minimum atomic E-state index is -3.64. The van der Waals surface area contributed by atoms with Gasteiger partial charge in [0.15, 0.2) is 11.5 Å². The summed E-state index contributed by atoms with van der Waals surface area (Å²) in [4.78, 5) is 12.7. The van der Waals surface area contributed by atoms with Gasteiger partial charge in [0, 0.05) is 38.0 Å². The Labute approximate surface area is 183 Å². The number of rotatable bonds is 6. The van der Waals surface area contributed by atoms with Crippen molar-refractivity contribution in [3.8, 4) is 11.5 Å². The number of hydrogen-bond acceptors (Lipinski definition) is 5. The van der Waals surface area contributed by atoms with Gasteiger partial charge in [-0.25, -0.2) is 8.42 Å². The van der Waals surface area contributed by atoms with Crippen molar-refractivity contribution in [2.75, 3.05) is 32.8 Å². The number of benzene rings is 2. The molecule has 2 aromatic rings. The molecule has 2 heterocycles. The van der Waals surface area contributed by atoms with Crippen LogP contribution in [0.3, 0.4) is 0 Å². The molecule has 0 saturated carbocycles. The van der Waals surface area contributed by atoms with Crippen LogP contribution < -0.4 is 14.8 Å². The van der Waals surface area contributed by atoms with Crippen LogP contribution in [0.2, 0.25) is 0 Å². The highest BCUT2D eigenvalue weighted by molar-refractivity contribution is 7.89. The summed E-state index contributed by atoms with van der Waals surface area (Å²) in [6.45, 7) is 2.29. The summed E-state index contributed by atoms with van der Waals surface area (Å²) < 4.78 is 38.9. The number of piperidine rings is 1. The van der Waals surface area contributed by atoms with E-state index in [9.17, 15) is 13.2 Å². The Morgan fingerprint density at radius 1 is 1.00 bits per heavy atom. The lowest BCUT2D eigenvalue weighted by atomic mass is 9.97. The predicted octanol–water partition coefficient (Wildman–Crippen LogP) is 2.61. The molecule has 0 bridgehead atoms. The summed E-state index contributed by atoms with van der Waals surface area (Å²) in [5.41, 5.74) is 1.18. The maximum atomic E-state index is 13.1. The van der Waals surface area contributed by atoms with Crippen LogP contribution in [-0.4, -0.2) is 51.5 Å². The van der Waals surface area contributed by atoms with E-state index in [4.69, 9.17) is 9.47 Å². The van der Waals surface area contributed by atoms with Gasteiger partial charge in [-0.1, -0.05) is 30.3 Å². The molecular formula is C23H28N2O5S. The molecule has 0 unspecified atom stereocenters. The first-order chi connectivity index (χ1) is 15.0. The SMILES string of the molecule is O=C(NCCc1ccccc1)C1CCN(S(=O)(=O)c2ccc3c(c2)OCCCO3)CC1. The van der Waals surface area contributed by atoms with Crippen LogP contribution in [0.15, 0.2) is 53.4 Å². The van der Waals surface area contributed by atoms with E-state index in [0.717, 1.165) is 12.8 Å². The minimum Gasteiger partial charge on any atom is -0.490 e. The number of amides is 1. The average molecular weight is 445 g/mol. The van der Waals surface area contributed by atoms with Crippen molar-refractivity contribution in [1.29, 1.82) is 0 Å². The second-order valence-corrected chi connectivity index (χ2v) is 9.80. The quantitative estimate of drug-likeness (QED) is 0.740. The van der Waals surface area contributed by atoms with Crippen LogP contribution in [0.25, 0.3) is 0 Å². The van der Waals surface area contributed by atoms with Crippen molar-refractivity contribution in [1.82, 2.24) is 9.62 Å². The number of nitrogens with zero attached hydrogens (tertiary/aromatic N) is 1. The fourth-order valence-electron chi connectivity index (χ4n) is 3.93. The fourth-order valence-corrected chi connectivity index (χ4v) is 5.42. The van der Waals surface area contributed by atoms with Crippen LogP contribution in [0.5, 0.6) is 11.5 Å². The van der Waals surface area contributed by atoms with Crippen LogP contribution in [0.4, 0.5) is 0 Å². The first-order valence-corrected chi connectivity index (χ1v) is 12.2. The second-order valence-electron chi connectivity index (χ2n) is 7.86. The van der Waals surface area contributed by atoms with E-state index in [1.54, 1.807) is 18.2 Å². The first-order valence-electron chi connectivity index (χ1n) is 10.8. The van der Waals surface area contributed by atoms with Gasteiger partial charge in [0.05, 0.1) is 18.1 Å². The average Bonchev–Trinajstić information content (AvgIpc) is 3.05. The number of sulfonamides is 1. The van der Waals surface area contributed by atoms with Gasteiger partial charge in [0.2, 0.25) is 15.9 Å². The molecule has 2 aliphatic heterocycles. The number of carbonyl (C=O) groups excluding carboxylic acids is 1. The van der Waals surface area contributed by atoms with Crippen molar-refractivity contribution in [2.45, 2.75) is 30.6 Å². The maximum Gasteiger partial charge on any atom is 0.243 e. The van der Waals surface area contributed by atoms with Crippen molar-refractivity contribution >= 4 is 15.9 Å². The van der Waals surface area contributed by atoms with Gasteiger partial charge in [-0.05, 0) is 37.0 Å². The van der Waals surface area contributed by atoms with Crippen LogP contribution in [0, 0.1) is 5.92 Å². The van der Waals surface area contributed by atoms with Gasteiger partial charge in [-0.2, -0.15) is 4.31 Å². The molecule has 4 rings (SSSR count). The molecule has 1 amide bonds. The molecule has 0 aromatic heterocycles. The largest absolute Gasteiger partial charge is 0.490 e. The van der Waals surface area contributed by atoms with E-state index in [1.165, 1.54) is 9.87 Å². The Hall–Kier alpha value is -2.58. The summed E-state index contributed by atoms with van der Waals surface area (Å²) in [5.74, 6) is 0.878. The van der Waals surface area contributed by atoms with Crippen LogP contribution in [-0.2, 0) is 21.2 Å². The third kappa shape index (κ3) is 5.19. The third-order valence-corrected chi connectivity index (χ3v) is 7.63. The zero-order valence-corrected chi connectivity index (χ0v) is 18.3. The van der Waals surface area contributed by atoms with E-state index >= 15 is 0 Å². The molecule has 166 valence electrons. The summed E-state index contributed by atoms with van der Waals surface area (Å²) >= 11 is 0. The second kappa shape index (κ2) is 9.70. The third-order valence-electron chi connectivity index (χ3n) is 5.74. The Morgan fingerprint density at radius 2 is 1.71 bits per heavy atom. The molecule has 0 radical (unpaired) electrons. The standard InChI is InChI=1S/C23H28N2O5S/c26-23(24-12-9-18-5-2-1-3-6-18)19-10-13-25(14-11-19)31(27,28)20-7-8-21-22(17-20)30-16-4-15-29-21/h1-3,5-8,17,19H,4,9-16H2,(H,24,26). The number of ether oxygens (including phenoxy) is 2. The van der Waals surface area contributed by atoms with Crippen molar-refractivity contribution in [2.24, 2.45) is 5.92 Å². The summed E-state index contributed by atoms with van der Waals surface area (Å²) in [6, 6.07) is 14.8. The topological polar surface area (TPSA) is 84.9 Å². The minimum absolute atomic E-state index is 0.00330. The predicted molar refractivity (Wildman–Crippen MR) is 117 cm³/mol. The fraction of sp³-hybridized carbons (Fsp3) is 0.435. The molecule has 0 spiro atoms. The molecule has 8 heteroatoms. The van der Waals surface area contributed by atoms with E-state index in [-0.39, 0.29) is 16.7 Å². The van der Waals surface area contributed by atoms with Crippen molar-refractivity contribution in [3.05, 3.63) is 54.1 Å². The monoisotopic (exact) mass is 444 g/mol. The van der Waals surface area contributed by atoms with Gasteiger partial charge in [0.1, 0.15) is 0 Å². The Morgan fingerprint density at radius 3 is 2.45 bits per heavy atom. The number of nitrogens with one attached hydrogen (secondary N) is 1. The van der Waals surface area contributed by atoms with Crippen molar-refractivity contribution < 1.29 is 22.7 Å². The van der Waals surface area contributed by atoms with Gasteiger partial charge < -0.3 is 14.8 Å². The molecule has 2 aromatic carbocycles. The molecule has 0 atom stereocenters. The Kier molecular flexibility index (Phi) is 6.77. The van der Waals surface area contributed by atoms with E-state index in [2.05, 4.69) is 5.32 Å². The lowest BCUT2D eigenvalue weighted by molar-refractivity contribution is -0.126. The molecule has 1 N–H and O–H groups in total. The zero-order valence-electron chi connectivity index (χ0n) is 17.5. The smallest absolute Gasteiger partial charge is 0.243 e. The molecule has 2 aliphatic rings. The molecule has 1 fully saturated rings. The number of carbonyl (C=O) groups is 1. The summed E-state index contributed by atoms with van der Waals surface area (Å²) in [5, 5.41) is 2.99. The summed E-state index contributed by atoms with van der Waals surface area (Å²) in [6.07, 6.45) is 2.57. The zero-order chi connectivity index (χ0) is 21.7. The van der Waals surface area contributed by atoms with Crippen molar-refractivity contribution in [3.63, 3.8) is 0 Å². The number of fused-ring (bicyclic) bond motifs is 1. The Balaban J connectivity index is 1.31. The van der Waals surface area contributed by atoms with E-state index < -0.39 is 10.0 Å². The maximum absolute atomic E-state index is 13.1. The first kappa shape index (κ1) is 21.6. The molecule has 7 nitrogen and oxygen atoms in total. The molecule has 0 aliphatic carbocycles. The molecular weight excluding hydrogens is 416 g/mol. The summed E-state index contributed by atoms with van der Waals surface area (Å²) in [7, 11) is -3.64. The highest BCUT2D eigenvalue weighted by atomic mass is 32.2. The van der Waals surface area contributed by atoms with Gasteiger partial charge in [0.25, 0.3) is 0 Å². The van der Waals surface area contributed by atoms with Gasteiger partial charge >= 0.3 is 0 Å². The Bertz CT molecular complexity index is 1000. The van der Waals surface area contributed by atoms with Crippen LogP contribution in [0.1, 0.15) is 24.8 Å². The van der Waals surface area contributed by atoms with Gasteiger partial charge in [-0.15, -0.1) is 0 Å². The van der Waals surface area contributed by atoms with E-state index in [0.29, 0.717) is 57.2 Å². The lowest BCUT2D eigenvalue weighted by Crippen LogP contribution is -2.43. The molecule has 31 heavy (non-hydrogen) atoms. The highest BCUT2D eigenvalue weighted by Gasteiger charge is 2.32. The molecule has 1 saturated heterocycles. The lowest BCUT2D eigenvalue weighted by Gasteiger charge is -2.30. The normalized spacial score (nSPS) is 17.7. The van der Waals surface area contributed by atoms with Gasteiger partial charge in [-0.3, -0.25) is 4.79 Å². The number of hydrogen-bond donors (Lipinski definition) is 1. The van der Waals surface area contributed by atoms with Crippen LogP contribution >= 0.6 is 0 Å².